The van der Waals surface area contributed by atoms with E-state index in [4.69, 9.17) is 0 Å². The number of hydrogen-bond donors (Lipinski definition) is 1. The third-order valence-electron chi connectivity index (χ3n) is 4.79. The highest BCUT2D eigenvalue weighted by atomic mass is 15.3. The summed E-state index contributed by atoms with van der Waals surface area (Å²) in [5.74, 6) is 0. The van der Waals surface area contributed by atoms with Crippen molar-refractivity contribution in [3.8, 4) is 0 Å². The van der Waals surface area contributed by atoms with E-state index in [0.29, 0.717) is 0 Å². The summed E-state index contributed by atoms with van der Waals surface area (Å²) < 4.78 is 0. The van der Waals surface area contributed by atoms with Crippen molar-refractivity contribution in [2.75, 3.05) is 39.3 Å². The van der Waals surface area contributed by atoms with E-state index in [1.165, 1.54) is 71.4 Å². The van der Waals surface area contributed by atoms with Crippen LogP contribution in [0.25, 0.3) is 0 Å². The molecule has 3 nitrogen and oxygen atoms in total. The molecule has 1 saturated heterocycles. The highest BCUT2D eigenvalue weighted by molar-refractivity contribution is 4.83. The highest BCUT2D eigenvalue weighted by Crippen LogP contribution is 2.18. The Labute approximate surface area is 113 Å². The van der Waals surface area contributed by atoms with Crippen LogP contribution < -0.4 is 5.32 Å². The molecule has 2 aliphatic rings. The van der Waals surface area contributed by atoms with Crippen molar-refractivity contribution in [2.45, 2.75) is 58.0 Å². The summed E-state index contributed by atoms with van der Waals surface area (Å²) in [6, 6.07) is 1.64. The van der Waals surface area contributed by atoms with Crippen LogP contribution in [0.4, 0.5) is 0 Å². The fourth-order valence-electron chi connectivity index (χ4n) is 3.61. The minimum atomic E-state index is 0.812. The van der Waals surface area contributed by atoms with Crippen molar-refractivity contribution in [3.63, 3.8) is 0 Å². The van der Waals surface area contributed by atoms with Gasteiger partial charge in [0, 0.05) is 31.7 Å². The van der Waals surface area contributed by atoms with Gasteiger partial charge in [0.25, 0.3) is 0 Å². The molecule has 106 valence electrons. The zero-order chi connectivity index (χ0) is 12.8. The van der Waals surface area contributed by atoms with E-state index in [9.17, 15) is 0 Å². The van der Waals surface area contributed by atoms with Crippen molar-refractivity contribution in [2.24, 2.45) is 0 Å². The number of likely N-dealkylation sites (N-methyl/N-ethyl adjacent to an activating group) is 1. The van der Waals surface area contributed by atoms with Crippen LogP contribution in [0.3, 0.4) is 0 Å². The Morgan fingerprint density at radius 2 is 1.83 bits per heavy atom. The third-order valence-corrected chi connectivity index (χ3v) is 4.79. The number of nitrogens with zero attached hydrogens (tertiary/aromatic N) is 2. The predicted octanol–water partition coefficient (Wildman–Crippen LogP) is 1.93. The minimum Gasteiger partial charge on any atom is -0.313 e. The molecule has 1 unspecified atom stereocenters. The monoisotopic (exact) mass is 253 g/mol. The maximum atomic E-state index is 3.73. The second kappa shape index (κ2) is 7.46. The van der Waals surface area contributed by atoms with Crippen molar-refractivity contribution in [3.05, 3.63) is 0 Å². The lowest BCUT2D eigenvalue weighted by atomic mass is 10.2. The average molecular weight is 253 g/mol. The van der Waals surface area contributed by atoms with E-state index in [1.807, 2.05) is 0 Å². The lowest BCUT2D eigenvalue weighted by Gasteiger charge is -2.26. The van der Waals surface area contributed by atoms with Crippen LogP contribution >= 0.6 is 0 Å². The molecular weight excluding hydrogens is 222 g/mol. The highest BCUT2D eigenvalue weighted by Gasteiger charge is 2.25. The van der Waals surface area contributed by atoms with E-state index >= 15 is 0 Å². The maximum Gasteiger partial charge on any atom is 0.0235 e. The van der Waals surface area contributed by atoms with Crippen LogP contribution in [0.1, 0.15) is 46.0 Å². The van der Waals surface area contributed by atoms with Gasteiger partial charge in [-0.2, -0.15) is 0 Å². The molecule has 0 bridgehead atoms. The normalized spacial score (nSPS) is 26.5. The fraction of sp³-hybridized carbons (Fsp3) is 1.00. The Morgan fingerprint density at radius 1 is 1.11 bits per heavy atom. The van der Waals surface area contributed by atoms with Crippen LogP contribution in [0.2, 0.25) is 0 Å². The number of rotatable bonds is 7. The first-order valence-corrected chi connectivity index (χ1v) is 8.03. The van der Waals surface area contributed by atoms with Crippen molar-refractivity contribution in [1.82, 2.24) is 15.1 Å². The molecule has 3 heteroatoms. The molecule has 0 amide bonds. The minimum absolute atomic E-state index is 0.812. The summed E-state index contributed by atoms with van der Waals surface area (Å²) in [7, 11) is 0. The van der Waals surface area contributed by atoms with Crippen molar-refractivity contribution in [1.29, 1.82) is 0 Å². The summed E-state index contributed by atoms with van der Waals surface area (Å²) in [4.78, 5) is 5.26. The van der Waals surface area contributed by atoms with Gasteiger partial charge < -0.3 is 10.2 Å². The number of hydrogen-bond acceptors (Lipinski definition) is 3. The van der Waals surface area contributed by atoms with Crippen LogP contribution in [-0.4, -0.2) is 61.2 Å². The van der Waals surface area contributed by atoms with E-state index in [0.717, 1.165) is 12.1 Å². The Bertz CT molecular complexity index is 222. The Morgan fingerprint density at radius 3 is 2.50 bits per heavy atom. The zero-order valence-electron chi connectivity index (χ0n) is 12.3. The van der Waals surface area contributed by atoms with Gasteiger partial charge in [-0.3, -0.25) is 4.90 Å². The van der Waals surface area contributed by atoms with Gasteiger partial charge in [0.2, 0.25) is 0 Å². The van der Waals surface area contributed by atoms with Gasteiger partial charge >= 0.3 is 0 Å². The second-order valence-electron chi connectivity index (χ2n) is 5.90. The summed E-state index contributed by atoms with van der Waals surface area (Å²) in [5, 5.41) is 3.73. The van der Waals surface area contributed by atoms with Gasteiger partial charge in [0.1, 0.15) is 0 Å². The molecule has 1 heterocycles. The maximum absolute atomic E-state index is 3.73. The first-order chi connectivity index (χ1) is 8.83. The molecule has 1 saturated carbocycles. The molecule has 0 aromatic carbocycles. The van der Waals surface area contributed by atoms with E-state index in [-0.39, 0.29) is 0 Å². The zero-order valence-corrected chi connectivity index (χ0v) is 12.3. The molecule has 1 aliphatic heterocycles. The van der Waals surface area contributed by atoms with Crippen LogP contribution in [-0.2, 0) is 0 Å². The molecule has 1 aliphatic carbocycles. The van der Waals surface area contributed by atoms with Gasteiger partial charge in [-0.05, 0) is 38.9 Å². The molecule has 1 N–H and O–H groups in total. The van der Waals surface area contributed by atoms with Gasteiger partial charge in [0.15, 0.2) is 0 Å². The van der Waals surface area contributed by atoms with Gasteiger partial charge in [-0.15, -0.1) is 0 Å². The number of nitrogens with one attached hydrogen (secondary N) is 1. The molecular formula is C15H31N3. The number of likely N-dealkylation sites (tertiary alicyclic amines) is 1. The molecule has 0 spiro atoms. The molecule has 18 heavy (non-hydrogen) atoms. The summed E-state index contributed by atoms with van der Waals surface area (Å²) in [5.41, 5.74) is 0. The first-order valence-electron chi connectivity index (χ1n) is 8.03. The Hall–Kier alpha value is -0.120. The van der Waals surface area contributed by atoms with Crippen molar-refractivity contribution >= 4 is 0 Å². The van der Waals surface area contributed by atoms with E-state index < -0.39 is 0 Å². The molecule has 0 aromatic heterocycles. The largest absolute Gasteiger partial charge is 0.313 e. The molecule has 0 radical (unpaired) electrons. The Kier molecular flexibility index (Phi) is 5.93. The lowest BCUT2D eigenvalue weighted by Crippen LogP contribution is -2.39. The first kappa shape index (κ1) is 14.3. The molecule has 0 aromatic rings. The molecule has 1 atom stereocenters. The Balaban J connectivity index is 1.60. The smallest absolute Gasteiger partial charge is 0.0235 e. The van der Waals surface area contributed by atoms with E-state index in [1.54, 1.807) is 0 Å². The van der Waals surface area contributed by atoms with Crippen LogP contribution in [0.15, 0.2) is 0 Å². The molecule has 2 rings (SSSR count). The van der Waals surface area contributed by atoms with E-state index in [2.05, 4.69) is 29.0 Å². The molecule has 2 fully saturated rings. The second-order valence-corrected chi connectivity index (χ2v) is 5.90. The van der Waals surface area contributed by atoms with Gasteiger partial charge in [0.05, 0.1) is 0 Å². The fourth-order valence-corrected chi connectivity index (χ4v) is 3.61. The summed E-state index contributed by atoms with van der Waals surface area (Å²) in [6.07, 6.45) is 7.05. The van der Waals surface area contributed by atoms with Crippen LogP contribution in [0, 0.1) is 0 Å². The lowest BCUT2D eigenvalue weighted by molar-refractivity contribution is 0.210. The average Bonchev–Trinajstić information content (AvgIpc) is 3.03. The third kappa shape index (κ3) is 3.94. The predicted molar refractivity (Wildman–Crippen MR) is 78.0 cm³/mol. The van der Waals surface area contributed by atoms with Crippen molar-refractivity contribution < 1.29 is 0 Å². The SMILES string of the molecule is CCN(CC)C1CCN(CCNC2CCCC2)C1. The quantitative estimate of drug-likeness (QED) is 0.748. The summed E-state index contributed by atoms with van der Waals surface area (Å²) >= 11 is 0. The van der Waals surface area contributed by atoms with Crippen LogP contribution in [0.5, 0.6) is 0 Å². The van der Waals surface area contributed by atoms with Gasteiger partial charge in [-0.25, -0.2) is 0 Å². The van der Waals surface area contributed by atoms with Gasteiger partial charge in [-0.1, -0.05) is 26.7 Å². The standard InChI is InChI=1S/C15H31N3/c1-3-18(4-2)15-9-11-17(13-15)12-10-16-14-7-5-6-8-14/h14-16H,3-13H2,1-2H3. The topological polar surface area (TPSA) is 18.5 Å². The summed E-state index contributed by atoms with van der Waals surface area (Å²) in [6.45, 7) is 12.0.